The first-order chi connectivity index (χ1) is 10.0. The van der Waals surface area contributed by atoms with Gasteiger partial charge in [0.1, 0.15) is 11.7 Å². The zero-order valence-corrected chi connectivity index (χ0v) is 13.2. The van der Waals surface area contributed by atoms with Crippen molar-refractivity contribution in [1.82, 2.24) is 10.3 Å². The van der Waals surface area contributed by atoms with Crippen molar-refractivity contribution in [3.63, 3.8) is 0 Å². The zero-order valence-electron chi connectivity index (χ0n) is 11.6. The third-order valence-corrected chi connectivity index (χ3v) is 4.14. The molecular formula is C15H17BrN2O3. The first-order valence-corrected chi connectivity index (χ1v) is 7.63. The number of carboxylic acids is 1. The van der Waals surface area contributed by atoms with Gasteiger partial charge in [-0.3, -0.25) is 4.79 Å². The number of fused-ring (bicyclic) bond motifs is 1. The molecular weight excluding hydrogens is 336 g/mol. The lowest BCUT2D eigenvalue weighted by Gasteiger charge is -2.13. The van der Waals surface area contributed by atoms with Crippen molar-refractivity contribution in [2.24, 2.45) is 0 Å². The number of carbonyl (C=O) groups excluding carboxylic acids is 1. The van der Waals surface area contributed by atoms with E-state index in [-0.39, 0.29) is 0 Å². The molecule has 1 heterocycles. The van der Waals surface area contributed by atoms with Crippen LogP contribution in [-0.2, 0) is 4.79 Å². The van der Waals surface area contributed by atoms with Gasteiger partial charge < -0.3 is 15.4 Å². The molecule has 21 heavy (non-hydrogen) atoms. The Labute approximate surface area is 130 Å². The highest BCUT2D eigenvalue weighted by Crippen LogP contribution is 2.27. The number of H-pyrrole nitrogens is 1. The van der Waals surface area contributed by atoms with E-state index < -0.39 is 17.9 Å². The zero-order chi connectivity index (χ0) is 15.4. The Balaban J connectivity index is 2.21. The van der Waals surface area contributed by atoms with Crippen molar-refractivity contribution in [3.05, 3.63) is 34.4 Å². The molecule has 0 aliphatic rings. The SMILES string of the molecule is CCCC[C@H](NC(=O)c1[nH]c2ccccc2c1Br)C(=O)O. The second-order valence-corrected chi connectivity index (χ2v) is 5.66. The molecule has 3 N–H and O–H groups in total. The fraction of sp³-hybridized carbons (Fsp3) is 0.333. The quantitative estimate of drug-likeness (QED) is 0.745. The maximum Gasteiger partial charge on any atom is 0.326 e. The summed E-state index contributed by atoms with van der Waals surface area (Å²) in [6.07, 6.45) is 2.07. The highest BCUT2D eigenvalue weighted by Gasteiger charge is 2.23. The average Bonchev–Trinajstić information content (AvgIpc) is 2.81. The summed E-state index contributed by atoms with van der Waals surface area (Å²) in [7, 11) is 0. The van der Waals surface area contributed by atoms with Gasteiger partial charge in [-0.05, 0) is 28.4 Å². The molecule has 0 spiro atoms. The average molecular weight is 353 g/mol. The number of hydrogen-bond acceptors (Lipinski definition) is 2. The van der Waals surface area contributed by atoms with Crippen LogP contribution in [0.1, 0.15) is 36.7 Å². The van der Waals surface area contributed by atoms with Gasteiger partial charge in [-0.1, -0.05) is 38.0 Å². The summed E-state index contributed by atoms with van der Waals surface area (Å²) in [6.45, 7) is 1.98. The lowest BCUT2D eigenvalue weighted by Crippen LogP contribution is -2.41. The summed E-state index contributed by atoms with van der Waals surface area (Å²) < 4.78 is 0.648. The number of aromatic nitrogens is 1. The summed E-state index contributed by atoms with van der Waals surface area (Å²) in [4.78, 5) is 26.5. The van der Waals surface area contributed by atoms with Crippen LogP contribution in [0.5, 0.6) is 0 Å². The number of amides is 1. The minimum atomic E-state index is -1.01. The molecule has 2 aromatic rings. The summed E-state index contributed by atoms with van der Waals surface area (Å²) >= 11 is 3.39. The van der Waals surface area contributed by atoms with Crippen LogP contribution in [0, 0.1) is 0 Å². The Hall–Kier alpha value is -1.82. The molecule has 0 bridgehead atoms. The fourth-order valence-electron chi connectivity index (χ4n) is 2.16. The number of aliphatic carboxylic acids is 1. The van der Waals surface area contributed by atoms with Crippen molar-refractivity contribution in [2.45, 2.75) is 32.2 Å². The molecule has 0 radical (unpaired) electrons. The second-order valence-electron chi connectivity index (χ2n) is 4.87. The van der Waals surface area contributed by atoms with Gasteiger partial charge in [0.05, 0.1) is 4.47 Å². The summed E-state index contributed by atoms with van der Waals surface area (Å²) in [5.41, 5.74) is 1.17. The maximum atomic E-state index is 12.3. The summed E-state index contributed by atoms with van der Waals surface area (Å²) in [5, 5.41) is 12.6. The Kier molecular flexibility index (Phi) is 5.01. The van der Waals surface area contributed by atoms with Gasteiger partial charge in [0.25, 0.3) is 5.91 Å². The van der Waals surface area contributed by atoms with Crippen LogP contribution in [0.3, 0.4) is 0 Å². The maximum absolute atomic E-state index is 12.3. The van der Waals surface area contributed by atoms with Crippen molar-refractivity contribution < 1.29 is 14.7 Å². The van der Waals surface area contributed by atoms with E-state index in [9.17, 15) is 9.59 Å². The molecule has 0 aliphatic carbocycles. The van der Waals surface area contributed by atoms with Gasteiger partial charge in [0, 0.05) is 10.9 Å². The molecule has 0 fully saturated rings. The smallest absolute Gasteiger partial charge is 0.326 e. The molecule has 1 atom stereocenters. The monoisotopic (exact) mass is 352 g/mol. The summed E-state index contributed by atoms with van der Waals surface area (Å²) in [5.74, 6) is -1.43. The van der Waals surface area contributed by atoms with Gasteiger partial charge >= 0.3 is 5.97 Å². The van der Waals surface area contributed by atoms with E-state index in [1.165, 1.54) is 0 Å². The first kappa shape index (κ1) is 15.6. The number of aromatic amines is 1. The molecule has 1 aromatic carbocycles. The fourth-order valence-corrected chi connectivity index (χ4v) is 2.79. The van der Waals surface area contributed by atoms with Crippen LogP contribution < -0.4 is 5.32 Å². The van der Waals surface area contributed by atoms with Crippen LogP contribution in [0.25, 0.3) is 10.9 Å². The molecule has 6 heteroatoms. The first-order valence-electron chi connectivity index (χ1n) is 6.84. The molecule has 0 aliphatic heterocycles. The molecule has 112 valence electrons. The minimum absolute atomic E-state index is 0.346. The number of carbonyl (C=O) groups is 2. The molecule has 2 rings (SSSR count). The van der Waals surface area contributed by atoms with Gasteiger partial charge in [0.15, 0.2) is 0 Å². The largest absolute Gasteiger partial charge is 0.480 e. The molecule has 0 saturated carbocycles. The van der Waals surface area contributed by atoms with Gasteiger partial charge in [-0.15, -0.1) is 0 Å². The van der Waals surface area contributed by atoms with E-state index in [1.54, 1.807) is 0 Å². The number of carboxylic acid groups (broad SMARTS) is 1. The third-order valence-electron chi connectivity index (χ3n) is 3.32. The van der Waals surface area contributed by atoms with Crippen molar-refractivity contribution in [1.29, 1.82) is 0 Å². The van der Waals surface area contributed by atoms with Crippen LogP contribution in [-0.4, -0.2) is 28.0 Å². The van der Waals surface area contributed by atoms with E-state index in [1.807, 2.05) is 31.2 Å². The van der Waals surface area contributed by atoms with Crippen LogP contribution in [0.2, 0.25) is 0 Å². The number of benzene rings is 1. The molecule has 1 aromatic heterocycles. The topological polar surface area (TPSA) is 82.2 Å². The number of hydrogen-bond donors (Lipinski definition) is 3. The van der Waals surface area contributed by atoms with E-state index in [0.29, 0.717) is 16.6 Å². The molecule has 1 amide bonds. The van der Waals surface area contributed by atoms with E-state index in [0.717, 1.165) is 23.7 Å². The molecule has 0 unspecified atom stereocenters. The molecule has 5 nitrogen and oxygen atoms in total. The second kappa shape index (κ2) is 6.76. The minimum Gasteiger partial charge on any atom is -0.480 e. The lowest BCUT2D eigenvalue weighted by molar-refractivity contribution is -0.139. The van der Waals surface area contributed by atoms with Crippen molar-refractivity contribution >= 4 is 38.7 Å². The summed E-state index contributed by atoms with van der Waals surface area (Å²) in [6, 6.07) is 6.63. The van der Waals surface area contributed by atoms with Gasteiger partial charge in [-0.25, -0.2) is 4.79 Å². The number of nitrogens with one attached hydrogen (secondary N) is 2. The van der Waals surface area contributed by atoms with E-state index >= 15 is 0 Å². The van der Waals surface area contributed by atoms with Gasteiger partial charge in [0.2, 0.25) is 0 Å². The van der Waals surface area contributed by atoms with E-state index in [4.69, 9.17) is 5.11 Å². The van der Waals surface area contributed by atoms with Crippen LogP contribution in [0.15, 0.2) is 28.7 Å². The Morgan fingerprint density at radius 3 is 2.71 bits per heavy atom. The molecule has 0 saturated heterocycles. The van der Waals surface area contributed by atoms with Gasteiger partial charge in [-0.2, -0.15) is 0 Å². The highest BCUT2D eigenvalue weighted by atomic mass is 79.9. The van der Waals surface area contributed by atoms with E-state index in [2.05, 4.69) is 26.2 Å². The van der Waals surface area contributed by atoms with Crippen LogP contribution in [0.4, 0.5) is 0 Å². The predicted octanol–water partition coefficient (Wildman–Crippen LogP) is 3.30. The van der Waals surface area contributed by atoms with Crippen molar-refractivity contribution in [3.8, 4) is 0 Å². The Morgan fingerprint density at radius 2 is 2.10 bits per heavy atom. The number of para-hydroxylation sites is 1. The predicted molar refractivity (Wildman–Crippen MR) is 84.4 cm³/mol. The third kappa shape index (κ3) is 3.44. The van der Waals surface area contributed by atoms with Crippen molar-refractivity contribution in [2.75, 3.05) is 0 Å². The number of halogens is 1. The Bertz CT molecular complexity index is 666. The van der Waals surface area contributed by atoms with Crippen LogP contribution >= 0.6 is 15.9 Å². The number of rotatable bonds is 6. The number of unbranched alkanes of at least 4 members (excludes halogenated alkanes) is 1. The normalized spacial score (nSPS) is 12.3. The Morgan fingerprint density at radius 1 is 1.38 bits per heavy atom. The standard InChI is InChI=1S/C15H17BrN2O3/c1-2-3-7-11(15(20)21)18-14(19)13-12(16)9-6-4-5-8-10(9)17-13/h4-6,8,11,17H,2-3,7H2,1H3,(H,18,19)(H,20,21)/t11-/m0/s1. The highest BCUT2D eigenvalue weighted by molar-refractivity contribution is 9.10. The lowest BCUT2D eigenvalue weighted by atomic mass is 10.1.